The van der Waals surface area contributed by atoms with Crippen LogP contribution in [0, 0.1) is 0 Å². The first-order valence-corrected chi connectivity index (χ1v) is 15.7. The highest BCUT2D eigenvalue weighted by Crippen LogP contribution is 2.36. The number of aromatic nitrogens is 4. The molecule has 10 heteroatoms. The fourth-order valence-corrected chi connectivity index (χ4v) is 5.87. The van der Waals surface area contributed by atoms with Gasteiger partial charge in [0, 0.05) is 23.5 Å². The molecule has 9 nitrogen and oxygen atoms in total. The molecule has 2 heterocycles. The number of nitrogens with zero attached hydrogens (tertiary/aromatic N) is 4. The summed E-state index contributed by atoms with van der Waals surface area (Å²) >= 11 is 0. The van der Waals surface area contributed by atoms with E-state index in [1.54, 1.807) is 35.2 Å². The molecule has 0 spiro atoms. The van der Waals surface area contributed by atoms with Gasteiger partial charge in [0.05, 0.1) is 29.6 Å². The first-order valence-electron chi connectivity index (χ1n) is 14.1. The SMILES string of the molecule is CCCCc1nc(C2CCC2)n(-c2ncc(OCC)cn2)c(=O)c1Cc1ccc(-c2ccccc2S(N)(=O)=O)cc1. The maximum atomic E-state index is 14.2. The Hall–Kier alpha value is -3.89. The van der Waals surface area contributed by atoms with Crippen molar-refractivity contribution in [3.05, 3.63) is 93.9 Å². The smallest absolute Gasteiger partial charge is 0.264 e. The normalized spacial score (nSPS) is 13.6. The molecule has 0 bridgehead atoms. The summed E-state index contributed by atoms with van der Waals surface area (Å²) in [4.78, 5) is 28.3. The van der Waals surface area contributed by atoms with E-state index in [1.165, 1.54) is 6.07 Å². The summed E-state index contributed by atoms with van der Waals surface area (Å²) in [6, 6.07) is 14.2. The summed E-state index contributed by atoms with van der Waals surface area (Å²) in [7, 11) is -3.88. The van der Waals surface area contributed by atoms with Gasteiger partial charge < -0.3 is 4.74 Å². The van der Waals surface area contributed by atoms with Crippen LogP contribution in [0.15, 0.2) is 70.6 Å². The van der Waals surface area contributed by atoms with Crippen LogP contribution in [-0.2, 0) is 22.9 Å². The molecule has 2 aromatic carbocycles. The quantitative estimate of drug-likeness (QED) is 0.269. The Morgan fingerprint density at radius 1 is 1.02 bits per heavy atom. The first-order chi connectivity index (χ1) is 19.8. The lowest BCUT2D eigenvalue weighted by atomic mass is 9.84. The van der Waals surface area contributed by atoms with Gasteiger partial charge in [-0.1, -0.05) is 62.2 Å². The molecule has 0 amide bonds. The van der Waals surface area contributed by atoms with Crippen molar-refractivity contribution in [2.24, 2.45) is 5.14 Å². The van der Waals surface area contributed by atoms with Gasteiger partial charge >= 0.3 is 0 Å². The lowest BCUT2D eigenvalue weighted by Gasteiger charge is -2.28. The Morgan fingerprint density at radius 2 is 1.73 bits per heavy atom. The zero-order valence-corrected chi connectivity index (χ0v) is 24.2. The Kier molecular flexibility index (Phi) is 8.60. The third-order valence-electron chi connectivity index (χ3n) is 7.49. The molecule has 4 aromatic rings. The number of nitrogens with two attached hydrogens (primary N) is 1. The minimum Gasteiger partial charge on any atom is -0.491 e. The van der Waals surface area contributed by atoms with Crippen molar-refractivity contribution in [2.45, 2.75) is 69.6 Å². The van der Waals surface area contributed by atoms with Crippen LogP contribution in [0.3, 0.4) is 0 Å². The minimum absolute atomic E-state index is 0.0728. The molecule has 2 N–H and O–H groups in total. The van der Waals surface area contributed by atoms with E-state index in [4.69, 9.17) is 14.9 Å². The van der Waals surface area contributed by atoms with Crippen LogP contribution in [0.2, 0.25) is 0 Å². The minimum atomic E-state index is -3.88. The monoisotopic (exact) mass is 573 g/mol. The van der Waals surface area contributed by atoms with Gasteiger partial charge in [-0.3, -0.25) is 4.79 Å². The third-order valence-corrected chi connectivity index (χ3v) is 8.46. The van der Waals surface area contributed by atoms with Gasteiger partial charge in [-0.2, -0.15) is 0 Å². The molecular weight excluding hydrogens is 538 g/mol. The number of aryl methyl sites for hydroxylation is 1. The molecule has 1 saturated carbocycles. The Labute approximate surface area is 240 Å². The zero-order valence-electron chi connectivity index (χ0n) is 23.4. The molecule has 1 aliphatic rings. The summed E-state index contributed by atoms with van der Waals surface area (Å²) < 4.78 is 31.3. The van der Waals surface area contributed by atoms with E-state index in [9.17, 15) is 13.2 Å². The predicted molar refractivity (Wildman–Crippen MR) is 158 cm³/mol. The second kappa shape index (κ2) is 12.3. The van der Waals surface area contributed by atoms with Crippen LogP contribution in [0.4, 0.5) is 0 Å². The predicted octanol–water partition coefficient (Wildman–Crippen LogP) is 4.94. The Morgan fingerprint density at radius 3 is 2.34 bits per heavy atom. The lowest BCUT2D eigenvalue weighted by Crippen LogP contribution is -2.33. The highest BCUT2D eigenvalue weighted by atomic mass is 32.2. The van der Waals surface area contributed by atoms with Crippen LogP contribution in [0.1, 0.15) is 74.5 Å². The van der Waals surface area contributed by atoms with Crippen LogP contribution < -0.4 is 15.4 Å². The van der Waals surface area contributed by atoms with Crippen molar-refractivity contribution < 1.29 is 13.2 Å². The third kappa shape index (κ3) is 6.23. The molecule has 2 aromatic heterocycles. The average molecular weight is 574 g/mol. The number of benzene rings is 2. The average Bonchev–Trinajstić information content (AvgIpc) is 2.93. The molecule has 0 saturated heterocycles. The number of sulfonamides is 1. The number of primary sulfonamides is 1. The summed E-state index contributed by atoms with van der Waals surface area (Å²) in [6.45, 7) is 4.52. The molecule has 214 valence electrons. The van der Waals surface area contributed by atoms with E-state index in [0.717, 1.165) is 54.7 Å². The number of unbranched alkanes of at least 4 members (excludes halogenated alkanes) is 1. The van der Waals surface area contributed by atoms with Crippen molar-refractivity contribution in [3.63, 3.8) is 0 Å². The largest absolute Gasteiger partial charge is 0.491 e. The van der Waals surface area contributed by atoms with E-state index in [-0.39, 0.29) is 16.4 Å². The van der Waals surface area contributed by atoms with Crippen LogP contribution >= 0.6 is 0 Å². The maximum absolute atomic E-state index is 14.2. The first kappa shape index (κ1) is 28.6. The molecule has 0 radical (unpaired) electrons. The van der Waals surface area contributed by atoms with Crippen LogP contribution in [0.5, 0.6) is 5.75 Å². The topological polar surface area (TPSA) is 130 Å². The molecule has 1 aliphatic carbocycles. The van der Waals surface area contributed by atoms with Gasteiger partial charge in [0.15, 0.2) is 5.75 Å². The lowest BCUT2D eigenvalue weighted by molar-refractivity contribution is 0.337. The van der Waals surface area contributed by atoms with E-state index < -0.39 is 10.0 Å². The molecule has 0 aliphatic heterocycles. The zero-order chi connectivity index (χ0) is 29.0. The van der Waals surface area contributed by atoms with Gasteiger partial charge in [-0.05, 0) is 49.8 Å². The molecule has 41 heavy (non-hydrogen) atoms. The Bertz CT molecular complexity index is 1680. The van der Waals surface area contributed by atoms with Crippen molar-refractivity contribution in [1.29, 1.82) is 0 Å². The summed E-state index contributed by atoms with van der Waals surface area (Å²) in [6.07, 6.45) is 9.26. The number of ether oxygens (including phenoxy) is 1. The molecule has 0 atom stereocenters. The van der Waals surface area contributed by atoms with E-state index in [0.29, 0.717) is 42.3 Å². The van der Waals surface area contributed by atoms with Crippen molar-refractivity contribution in [1.82, 2.24) is 19.5 Å². The standard InChI is InChI=1S/C31H35N5O4S/c1-3-5-12-27-26(18-21-14-16-22(17-15-21)25-11-6-7-13-28(25)41(32,38)39)30(37)36(29(35-27)23-9-8-10-23)31-33-19-24(20-34-31)40-4-2/h6-7,11,13-17,19-20,23H,3-5,8-10,12,18H2,1-2H3,(H2,32,38,39). The van der Waals surface area contributed by atoms with Crippen molar-refractivity contribution >= 4 is 10.0 Å². The van der Waals surface area contributed by atoms with Gasteiger partial charge in [-0.15, -0.1) is 0 Å². The summed E-state index contributed by atoms with van der Waals surface area (Å²) in [5.41, 5.74) is 3.46. The molecule has 5 rings (SSSR count). The van der Waals surface area contributed by atoms with Gasteiger partial charge in [0.1, 0.15) is 5.82 Å². The molecule has 0 unspecified atom stereocenters. The van der Waals surface area contributed by atoms with Gasteiger partial charge in [0.2, 0.25) is 16.0 Å². The summed E-state index contributed by atoms with van der Waals surface area (Å²) in [5, 5.41) is 5.44. The highest BCUT2D eigenvalue weighted by Gasteiger charge is 2.29. The molecule has 1 fully saturated rings. The van der Waals surface area contributed by atoms with Crippen molar-refractivity contribution in [3.8, 4) is 22.8 Å². The van der Waals surface area contributed by atoms with Gasteiger partial charge in [0.25, 0.3) is 5.56 Å². The highest BCUT2D eigenvalue weighted by molar-refractivity contribution is 7.89. The van der Waals surface area contributed by atoms with Crippen molar-refractivity contribution in [2.75, 3.05) is 6.61 Å². The second-order valence-electron chi connectivity index (χ2n) is 10.3. The number of rotatable bonds is 11. The van der Waals surface area contributed by atoms with E-state index >= 15 is 0 Å². The van der Waals surface area contributed by atoms with Crippen LogP contribution in [-0.4, -0.2) is 34.5 Å². The fraction of sp³-hybridized carbons (Fsp3) is 0.355. The number of hydrogen-bond acceptors (Lipinski definition) is 7. The van der Waals surface area contributed by atoms with Crippen LogP contribution in [0.25, 0.3) is 17.1 Å². The second-order valence-corrected chi connectivity index (χ2v) is 11.9. The Balaban J connectivity index is 1.56. The van der Waals surface area contributed by atoms with Gasteiger partial charge in [-0.25, -0.2) is 33.1 Å². The number of hydrogen-bond donors (Lipinski definition) is 1. The molecular formula is C31H35N5O4S. The van der Waals surface area contributed by atoms with E-state index in [1.807, 2.05) is 31.2 Å². The van der Waals surface area contributed by atoms with E-state index in [2.05, 4.69) is 16.9 Å². The fourth-order valence-electron chi connectivity index (χ4n) is 5.11. The maximum Gasteiger partial charge on any atom is 0.264 e. The summed E-state index contributed by atoms with van der Waals surface area (Å²) in [5.74, 6) is 1.78.